The zero-order valence-corrected chi connectivity index (χ0v) is 10.5. The number of carbonyl (C=O) groups excluding carboxylic acids is 2. The van der Waals surface area contributed by atoms with E-state index >= 15 is 0 Å². The van der Waals surface area contributed by atoms with Crippen molar-refractivity contribution in [1.29, 1.82) is 0 Å². The van der Waals surface area contributed by atoms with Crippen LogP contribution in [0.1, 0.15) is 12.6 Å². The molecule has 1 aromatic rings. The van der Waals surface area contributed by atoms with Gasteiger partial charge in [-0.3, -0.25) is 10.0 Å². The van der Waals surface area contributed by atoms with E-state index < -0.39 is 0 Å². The Morgan fingerprint density at radius 2 is 2.37 bits per heavy atom. The molecule has 1 aromatic heterocycles. The molecule has 2 amide bonds. The lowest BCUT2D eigenvalue weighted by molar-refractivity contribution is -0.116. The van der Waals surface area contributed by atoms with Crippen LogP contribution in [-0.2, 0) is 11.2 Å². The van der Waals surface area contributed by atoms with Crippen molar-refractivity contribution in [2.75, 3.05) is 13.1 Å². The molecule has 1 unspecified atom stereocenters. The van der Waals surface area contributed by atoms with Gasteiger partial charge in [0, 0.05) is 12.7 Å². The molecular weight excluding hydrogens is 248 g/mol. The summed E-state index contributed by atoms with van der Waals surface area (Å²) in [6, 6.07) is 1.08. The second kappa shape index (κ2) is 4.20. The number of rotatable bonds is 3. The summed E-state index contributed by atoms with van der Waals surface area (Å²) in [5.41, 5.74) is 1.53. The predicted octanol–water partition coefficient (Wildman–Crippen LogP) is 0.364. The van der Waals surface area contributed by atoms with Crippen LogP contribution >= 0.6 is 0 Å². The highest BCUT2D eigenvalue weighted by Gasteiger charge is 2.39. The molecule has 0 saturated carbocycles. The molecule has 1 fully saturated rings. The number of nitrogens with zero attached hydrogens (tertiary/aromatic N) is 4. The van der Waals surface area contributed by atoms with E-state index in [0.29, 0.717) is 25.2 Å². The monoisotopic (exact) mass is 262 g/mol. The lowest BCUT2D eigenvalue weighted by Crippen LogP contribution is -2.31. The summed E-state index contributed by atoms with van der Waals surface area (Å²) in [6.45, 7) is 2.43. The second-order valence-corrected chi connectivity index (χ2v) is 4.86. The van der Waals surface area contributed by atoms with E-state index in [-0.39, 0.29) is 17.9 Å². The molecular formula is C12H14N4O3. The van der Waals surface area contributed by atoms with Crippen molar-refractivity contribution in [1.82, 2.24) is 19.7 Å². The summed E-state index contributed by atoms with van der Waals surface area (Å²) < 4.78 is 1.66. The molecule has 7 heteroatoms. The van der Waals surface area contributed by atoms with Gasteiger partial charge in [-0.2, -0.15) is 10.2 Å². The molecule has 0 aliphatic carbocycles. The minimum absolute atomic E-state index is 0.0587. The van der Waals surface area contributed by atoms with E-state index in [2.05, 4.69) is 5.10 Å². The summed E-state index contributed by atoms with van der Waals surface area (Å²) in [4.78, 5) is 24.2. The molecule has 19 heavy (non-hydrogen) atoms. The smallest absolute Gasteiger partial charge is 0.314 e. The lowest BCUT2D eigenvalue weighted by Gasteiger charge is -2.20. The van der Waals surface area contributed by atoms with Crippen LogP contribution in [0.3, 0.4) is 0 Å². The van der Waals surface area contributed by atoms with Crippen LogP contribution in [0.15, 0.2) is 18.3 Å². The standard InChI is InChI=1S/C12H14N4O3/c1-8(17)4-9-2-3-15(13-9)10-5-11-7-14(6-10)12(18)16(11)19/h2-3,5,11,19H,4,6-7H2,1H3. The molecule has 2 aliphatic rings. The summed E-state index contributed by atoms with van der Waals surface area (Å²) in [7, 11) is 0. The fraction of sp³-hybridized carbons (Fsp3) is 0.417. The molecule has 1 N–H and O–H groups in total. The molecule has 2 aliphatic heterocycles. The first-order chi connectivity index (χ1) is 9.04. The number of fused-ring (bicyclic) bond motifs is 2. The summed E-state index contributed by atoms with van der Waals surface area (Å²) in [5.74, 6) is 0.0587. The van der Waals surface area contributed by atoms with Crippen LogP contribution < -0.4 is 0 Å². The van der Waals surface area contributed by atoms with Gasteiger partial charge in [-0.05, 0) is 19.1 Å². The van der Waals surface area contributed by atoms with Gasteiger partial charge in [0.05, 0.1) is 30.4 Å². The van der Waals surface area contributed by atoms with Crippen molar-refractivity contribution in [2.24, 2.45) is 0 Å². The van der Waals surface area contributed by atoms with Crippen LogP contribution in [0.5, 0.6) is 0 Å². The number of carbonyl (C=O) groups is 2. The van der Waals surface area contributed by atoms with Crippen molar-refractivity contribution < 1.29 is 14.8 Å². The number of aromatic nitrogens is 2. The zero-order chi connectivity index (χ0) is 13.6. The van der Waals surface area contributed by atoms with Gasteiger partial charge in [0.2, 0.25) is 0 Å². The SMILES string of the molecule is CC(=O)Cc1ccn(C2=CC3CN(C2)C(=O)N3O)n1. The number of amides is 2. The molecule has 100 valence electrons. The normalized spacial score (nSPS) is 21.9. The topological polar surface area (TPSA) is 78.7 Å². The van der Waals surface area contributed by atoms with Gasteiger partial charge in [0.15, 0.2) is 0 Å². The number of hydrogen-bond donors (Lipinski definition) is 1. The Morgan fingerprint density at radius 1 is 1.58 bits per heavy atom. The average molecular weight is 262 g/mol. The Kier molecular flexibility index (Phi) is 2.63. The van der Waals surface area contributed by atoms with Gasteiger partial charge in [-0.1, -0.05) is 0 Å². The Hall–Kier alpha value is -2.15. The van der Waals surface area contributed by atoms with Gasteiger partial charge >= 0.3 is 6.03 Å². The lowest BCUT2D eigenvalue weighted by atomic mass is 10.2. The van der Waals surface area contributed by atoms with Crippen LogP contribution in [0.2, 0.25) is 0 Å². The summed E-state index contributed by atoms with van der Waals surface area (Å²) in [6.07, 6.45) is 3.90. The van der Waals surface area contributed by atoms with Gasteiger partial charge < -0.3 is 4.90 Å². The minimum Gasteiger partial charge on any atom is -0.314 e. The van der Waals surface area contributed by atoms with E-state index in [1.807, 2.05) is 6.08 Å². The molecule has 7 nitrogen and oxygen atoms in total. The van der Waals surface area contributed by atoms with Crippen molar-refractivity contribution in [3.05, 3.63) is 24.0 Å². The highest BCUT2D eigenvalue weighted by atomic mass is 16.5. The predicted molar refractivity (Wildman–Crippen MR) is 65.3 cm³/mol. The molecule has 3 heterocycles. The first-order valence-electron chi connectivity index (χ1n) is 6.06. The Bertz CT molecular complexity index is 577. The van der Waals surface area contributed by atoms with Crippen LogP contribution in [0.25, 0.3) is 5.70 Å². The highest BCUT2D eigenvalue weighted by Crippen LogP contribution is 2.24. The first-order valence-corrected chi connectivity index (χ1v) is 6.06. The van der Waals surface area contributed by atoms with Gasteiger partial charge in [0.1, 0.15) is 5.78 Å². The quantitative estimate of drug-likeness (QED) is 0.798. The number of ketones is 1. The molecule has 2 bridgehead atoms. The van der Waals surface area contributed by atoms with E-state index in [1.54, 1.807) is 21.8 Å². The van der Waals surface area contributed by atoms with Crippen molar-refractivity contribution in [2.45, 2.75) is 19.4 Å². The van der Waals surface area contributed by atoms with Crippen LogP contribution in [0.4, 0.5) is 4.79 Å². The summed E-state index contributed by atoms with van der Waals surface area (Å²) >= 11 is 0. The van der Waals surface area contributed by atoms with Gasteiger partial charge in [-0.15, -0.1) is 0 Å². The van der Waals surface area contributed by atoms with Crippen molar-refractivity contribution in [3.63, 3.8) is 0 Å². The van der Waals surface area contributed by atoms with Crippen LogP contribution in [-0.4, -0.2) is 55.9 Å². The second-order valence-electron chi connectivity index (χ2n) is 4.86. The third-order valence-electron chi connectivity index (χ3n) is 3.29. The first kappa shape index (κ1) is 11.9. The molecule has 1 atom stereocenters. The maximum atomic E-state index is 11.6. The van der Waals surface area contributed by atoms with Gasteiger partial charge in [0.25, 0.3) is 0 Å². The van der Waals surface area contributed by atoms with E-state index in [1.165, 1.54) is 6.92 Å². The fourth-order valence-electron chi connectivity index (χ4n) is 2.41. The largest absolute Gasteiger partial charge is 0.344 e. The zero-order valence-electron chi connectivity index (χ0n) is 10.5. The van der Waals surface area contributed by atoms with E-state index in [4.69, 9.17) is 0 Å². The Labute approximate surface area is 109 Å². The average Bonchev–Trinajstić information content (AvgIpc) is 2.90. The molecule has 1 saturated heterocycles. The number of hydroxylamine groups is 2. The van der Waals surface area contributed by atoms with Gasteiger partial charge in [-0.25, -0.2) is 9.48 Å². The third-order valence-corrected chi connectivity index (χ3v) is 3.29. The summed E-state index contributed by atoms with van der Waals surface area (Å²) in [5, 5.41) is 14.6. The fourth-order valence-corrected chi connectivity index (χ4v) is 2.41. The van der Waals surface area contributed by atoms with Crippen molar-refractivity contribution >= 4 is 17.5 Å². The number of hydrogen-bond acceptors (Lipinski definition) is 4. The molecule has 0 aromatic carbocycles. The maximum Gasteiger partial charge on any atom is 0.344 e. The van der Waals surface area contributed by atoms with Crippen molar-refractivity contribution in [3.8, 4) is 0 Å². The van der Waals surface area contributed by atoms with E-state index in [0.717, 1.165) is 10.8 Å². The Morgan fingerprint density at radius 3 is 3.05 bits per heavy atom. The minimum atomic E-state index is -0.382. The third kappa shape index (κ3) is 2.01. The van der Waals surface area contributed by atoms with Crippen LogP contribution in [0, 0.1) is 0 Å². The Balaban J connectivity index is 1.84. The molecule has 0 spiro atoms. The molecule has 0 radical (unpaired) electrons. The highest BCUT2D eigenvalue weighted by molar-refractivity contribution is 5.80. The van der Waals surface area contributed by atoms with E-state index in [9.17, 15) is 14.8 Å². The number of urea groups is 1. The number of Topliss-reactive ketones (excluding diaryl/α,β-unsaturated/α-hetero) is 1. The molecule has 3 rings (SSSR count). The maximum absolute atomic E-state index is 11.6.